The summed E-state index contributed by atoms with van der Waals surface area (Å²) < 4.78 is 54.5. The Hall–Kier alpha value is -5.23. The van der Waals surface area contributed by atoms with Gasteiger partial charge in [-0.3, -0.25) is 18.7 Å². The molecule has 1 aliphatic rings. The molecule has 216 valence electrons. The van der Waals surface area contributed by atoms with Crippen molar-refractivity contribution in [2.45, 2.75) is 6.73 Å². The molecule has 0 unspecified atom stereocenters. The lowest BCUT2D eigenvalue weighted by molar-refractivity contribution is 0.0964. The van der Waals surface area contributed by atoms with Crippen LogP contribution in [0.5, 0.6) is 5.75 Å². The first-order valence-corrected chi connectivity index (χ1v) is 15.1. The number of nitrogens with one attached hydrogen (secondary N) is 1. The quantitative estimate of drug-likeness (QED) is 0.282. The Morgan fingerprint density at radius 3 is 2.60 bits per heavy atom. The second kappa shape index (κ2) is 9.66. The molecule has 0 bridgehead atoms. The summed E-state index contributed by atoms with van der Waals surface area (Å²) in [5, 5.41) is 4.04. The Morgan fingerprint density at radius 2 is 1.86 bits per heavy atom. The molecule has 2 aromatic carbocycles. The number of anilines is 1. The Kier molecular flexibility index (Phi) is 5.99. The molecule has 0 spiro atoms. The summed E-state index contributed by atoms with van der Waals surface area (Å²) in [6, 6.07) is 16.6. The highest BCUT2D eigenvalue weighted by Gasteiger charge is 2.28. The molecule has 4 aromatic heterocycles. The number of rotatable bonds is 5. The van der Waals surface area contributed by atoms with Crippen LogP contribution in [0.4, 0.5) is 10.1 Å². The summed E-state index contributed by atoms with van der Waals surface area (Å²) in [7, 11) is -0.773. The van der Waals surface area contributed by atoms with Crippen LogP contribution in [-0.4, -0.2) is 49.2 Å². The van der Waals surface area contributed by atoms with Crippen molar-refractivity contribution in [2.24, 2.45) is 0 Å². The summed E-state index contributed by atoms with van der Waals surface area (Å²) in [5.74, 6) is -0.0515. The van der Waals surface area contributed by atoms with Crippen molar-refractivity contribution in [2.75, 3.05) is 24.7 Å². The zero-order valence-corrected chi connectivity index (χ0v) is 24.1. The van der Waals surface area contributed by atoms with Gasteiger partial charge in [0.05, 0.1) is 35.1 Å². The third-order valence-electron chi connectivity index (χ3n) is 7.63. The molecule has 7 rings (SSSR count). The van der Waals surface area contributed by atoms with Gasteiger partial charge >= 0.3 is 0 Å². The summed E-state index contributed by atoms with van der Waals surface area (Å²) in [6.45, 7) is 0.272. The van der Waals surface area contributed by atoms with E-state index in [-0.39, 0.29) is 23.6 Å². The van der Waals surface area contributed by atoms with Gasteiger partial charge in [0, 0.05) is 53.8 Å². The van der Waals surface area contributed by atoms with E-state index < -0.39 is 21.7 Å². The predicted octanol–water partition coefficient (Wildman–Crippen LogP) is 5.42. The fourth-order valence-electron chi connectivity index (χ4n) is 5.41. The molecular formula is C31H24FN5O5S. The second-order valence-electron chi connectivity index (χ2n) is 10.2. The van der Waals surface area contributed by atoms with Crippen molar-refractivity contribution < 1.29 is 26.8 Å². The molecule has 12 heteroatoms. The lowest BCUT2D eigenvalue weighted by atomic mass is 9.99. The number of hydrogen-bond donors (Lipinski definition) is 1. The first-order chi connectivity index (χ1) is 20.6. The number of hydrogen-bond acceptors (Lipinski definition) is 7. The van der Waals surface area contributed by atoms with E-state index >= 15 is 0 Å². The van der Waals surface area contributed by atoms with Crippen LogP contribution in [0, 0.1) is 5.82 Å². The minimum atomic E-state index is -3.71. The molecule has 0 aliphatic carbocycles. The summed E-state index contributed by atoms with van der Waals surface area (Å²) in [6.07, 6.45) is 4.43. The zero-order valence-electron chi connectivity index (χ0n) is 23.3. The number of ether oxygens (including phenoxy) is 1. The van der Waals surface area contributed by atoms with Crippen LogP contribution >= 0.6 is 0 Å². The highest BCUT2D eigenvalue weighted by molar-refractivity contribution is 7.92. The summed E-state index contributed by atoms with van der Waals surface area (Å²) in [5.41, 5.74) is 4.61. The van der Waals surface area contributed by atoms with Gasteiger partial charge in [-0.2, -0.15) is 0 Å². The molecule has 0 atom stereocenters. The topological polar surface area (TPSA) is 120 Å². The van der Waals surface area contributed by atoms with Crippen LogP contribution < -0.4 is 14.4 Å². The average Bonchev–Trinajstić information content (AvgIpc) is 3.58. The Labute approximate surface area is 245 Å². The minimum Gasteiger partial charge on any atom is -0.470 e. The molecule has 0 radical (unpaired) electrons. The number of halogens is 1. The number of furan rings is 1. The molecular weight excluding hydrogens is 573 g/mol. The van der Waals surface area contributed by atoms with E-state index in [2.05, 4.69) is 15.3 Å². The highest BCUT2D eigenvalue weighted by atomic mass is 32.2. The van der Waals surface area contributed by atoms with Gasteiger partial charge in [0.1, 0.15) is 28.6 Å². The maximum Gasteiger partial charge on any atom is 0.255 e. The van der Waals surface area contributed by atoms with Crippen molar-refractivity contribution in [1.82, 2.24) is 19.9 Å². The monoisotopic (exact) mass is 597 g/mol. The number of aromatic nitrogens is 3. The van der Waals surface area contributed by atoms with E-state index in [1.807, 2.05) is 28.8 Å². The first-order valence-electron chi connectivity index (χ1n) is 13.2. The largest absolute Gasteiger partial charge is 0.470 e. The maximum absolute atomic E-state index is 13.7. The lowest BCUT2D eigenvalue weighted by Gasteiger charge is -2.23. The first kappa shape index (κ1) is 26.7. The summed E-state index contributed by atoms with van der Waals surface area (Å²) in [4.78, 5) is 22.3. The predicted molar refractivity (Wildman–Crippen MR) is 161 cm³/mol. The number of carbonyl (C=O) groups excluding carboxylic acids is 1. The zero-order chi connectivity index (χ0) is 30.0. The molecule has 0 fully saturated rings. The normalized spacial score (nSPS) is 12.6. The SMILES string of the molecule is CNC(=O)c1c(-c2ccc(F)cc2)oc2cc(N(C)S(C)(=O)=O)c(-c3cc4c(cn3)OCn3c-4cc4cccnc43)cc12. The number of fused-ring (bicyclic) bond motifs is 6. The lowest BCUT2D eigenvalue weighted by Crippen LogP contribution is -2.25. The average molecular weight is 598 g/mol. The fraction of sp³-hybridized carbons (Fsp3) is 0.129. The van der Waals surface area contributed by atoms with E-state index in [0.717, 1.165) is 32.9 Å². The molecule has 10 nitrogen and oxygen atoms in total. The minimum absolute atomic E-state index is 0.225. The van der Waals surface area contributed by atoms with Crippen LogP contribution in [0.1, 0.15) is 10.4 Å². The van der Waals surface area contributed by atoms with Gasteiger partial charge in [0.2, 0.25) is 10.0 Å². The van der Waals surface area contributed by atoms with Crippen LogP contribution in [-0.2, 0) is 16.8 Å². The van der Waals surface area contributed by atoms with Gasteiger partial charge in [-0.15, -0.1) is 0 Å². The van der Waals surface area contributed by atoms with Crippen LogP contribution in [0.25, 0.3) is 55.8 Å². The molecule has 0 saturated carbocycles. The third-order valence-corrected chi connectivity index (χ3v) is 8.82. The molecule has 1 N–H and O–H groups in total. The van der Waals surface area contributed by atoms with Gasteiger partial charge in [-0.05, 0) is 54.6 Å². The fourth-order valence-corrected chi connectivity index (χ4v) is 5.92. The smallest absolute Gasteiger partial charge is 0.255 e. The Morgan fingerprint density at radius 1 is 1.07 bits per heavy atom. The van der Waals surface area contributed by atoms with E-state index in [4.69, 9.17) is 9.15 Å². The second-order valence-corrected chi connectivity index (χ2v) is 12.2. The van der Waals surface area contributed by atoms with Crippen molar-refractivity contribution in [1.29, 1.82) is 0 Å². The van der Waals surface area contributed by atoms with Crippen molar-refractivity contribution in [3.63, 3.8) is 0 Å². The van der Waals surface area contributed by atoms with Gasteiger partial charge in [0.15, 0.2) is 6.73 Å². The molecule has 5 heterocycles. The number of amides is 1. The Balaban J connectivity index is 1.49. The standard InChI is InChI=1S/C31H24FN5O5S/c1-33-31(38)28-22-12-20(23-13-21-25-11-18-5-4-10-34-30(18)37(25)16-41-27(21)15-35-23)24(36(2)43(3,39)40)14-26(22)42-29(28)17-6-8-19(32)9-7-17/h4-15H,16H2,1-3H3,(H,33,38). The van der Waals surface area contributed by atoms with Crippen molar-refractivity contribution >= 4 is 43.6 Å². The van der Waals surface area contributed by atoms with Crippen LogP contribution in [0.2, 0.25) is 0 Å². The molecule has 6 aromatic rings. The van der Waals surface area contributed by atoms with E-state index in [9.17, 15) is 17.6 Å². The summed E-state index contributed by atoms with van der Waals surface area (Å²) >= 11 is 0. The van der Waals surface area contributed by atoms with E-state index in [0.29, 0.717) is 33.6 Å². The van der Waals surface area contributed by atoms with Gasteiger partial charge in [0.25, 0.3) is 5.91 Å². The number of benzene rings is 2. The molecule has 0 saturated heterocycles. The van der Waals surface area contributed by atoms with Gasteiger partial charge in [-0.25, -0.2) is 17.8 Å². The third kappa shape index (κ3) is 4.29. The molecule has 43 heavy (non-hydrogen) atoms. The molecule has 1 aliphatic heterocycles. The van der Waals surface area contributed by atoms with Crippen molar-refractivity contribution in [3.05, 3.63) is 84.4 Å². The number of pyridine rings is 2. The number of carbonyl (C=O) groups is 1. The highest BCUT2D eigenvalue weighted by Crippen LogP contribution is 2.44. The van der Waals surface area contributed by atoms with Crippen LogP contribution in [0.15, 0.2) is 77.5 Å². The van der Waals surface area contributed by atoms with Gasteiger partial charge < -0.3 is 14.5 Å². The molecule has 1 amide bonds. The van der Waals surface area contributed by atoms with E-state index in [1.54, 1.807) is 24.5 Å². The van der Waals surface area contributed by atoms with Crippen molar-refractivity contribution in [3.8, 4) is 39.6 Å². The van der Waals surface area contributed by atoms with E-state index in [1.165, 1.54) is 38.4 Å². The van der Waals surface area contributed by atoms with Gasteiger partial charge in [-0.1, -0.05) is 0 Å². The van der Waals surface area contributed by atoms with Crippen LogP contribution in [0.3, 0.4) is 0 Å². The Bertz CT molecular complexity index is 2210. The number of nitrogens with zero attached hydrogens (tertiary/aromatic N) is 4. The number of sulfonamides is 1. The maximum atomic E-state index is 13.7.